The minimum absolute atomic E-state index is 0.0454. The molecule has 1 aromatic carbocycles. The number of ether oxygens (including phenoxy) is 1. The summed E-state index contributed by atoms with van der Waals surface area (Å²) in [5.74, 6) is 1.02. The summed E-state index contributed by atoms with van der Waals surface area (Å²) in [4.78, 5) is 30.8. The second-order valence-electron chi connectivity index (χ2n) is 7.20. The Bertz CT molecular complexity index is 853. The molecule has 2 aromatic rings. The minimum Gasteiger partial charge on any atom is -0.378 e. The van der Waals surface area contributed by atoms with Gasteiger partial charge in [0.15, 0.2) is 0 Å². The smallest absolute Gasteiger partial charge is 0.243 e. The topological polar surface area (TPSA) is 76.5 Å². The van der Waals surface area contributed by atoms with Crippen molar-refractivity contribution >= 4 is 22.8 Å². The zero-order chi connectivity index (χ0) is 20.5. The maximum absolute atomic E-state index is 12.8. The van der Waals surface area contributed by atoms with Crippen molar-refractivity contribution in [1.29, 1.82) is 0 Å². The van der Waals surface area contributed by atoms with Crippen molar-refractivity contribution in [1.82, 2.24) is 19.8 Å². The third-order valence-corrected chi connectivity index (χ3v) is 5.09. The molecule has 1 aliphatic rings. The lowest BCUT2D eigenvalue weighted by molar-refractivity contribution is -0.135. The molecule has 7 heteroatoms. The van der Waals surface area contributed by atoms with E-state index in [0.29, 0.717) is 39.4 Å². The summed E-state index contributed by atoms with van der Waals surface area (Å²) in [5.41, 5.74) is 1.93. The Morgan fingerprint density at radius 3 is 2.76 bits per heavy atom. The number of hydrogen-bond donors (Lipinski definition) is 1. The first-order valence-corrected chi connectivity index (χ1v) is 10.4. The molecule has 2 heterocycles. The summed E-state index contributed by atoms with van der Waals surface area (Å²) in [7, 11) is 0. The number of carbonyl (C=O) groups is 2. The third kappa shape index (κ3) is 5.90. The molecule has 1 fully saturated rings. The van der Waals surface area contributed by atoms with Crippen molar-refractivity contribution in [3.8, 4) is 0 Å². The van der Waals surface area contributed by atoms with Crippen LogP contribution in [-0.2, 0) is 27.3 Å². The number of amides is 2. The molecule has 29 heavy (non-hydrogen) atoms. The van der Waals surface area contributed by atoms with Crippen LogP contribution in [0.4, 0.5) is 0 Å². The standard InChI is InChI=1S/C22H30N4O3/c1-2-8-21(27)23-12-7-3-4-11-20-24-18-9-5-6-10-19(18)26(20)17-22(28)25-13-15-29-16-14-25/h2,5-6,8-10H,3-4,7,11-17H2,1H3,(H,23,27)/b8-2+. The molecule has 156 valence electrons. The van der Waals surface area contributed by atoms with Gasteiger partial charge in [-0.25, -0.2) is 4.98 Å². The average Bonchev–Trinajstić information content (AvgIpc) is 3.09. The van der Waals surface area contributed by atoms with Crippen LogP contribution in [0.5, 0.6) is 0 Å². The summed E-state index contributed by atoms with van der Waals surface area (Å²) >= 11 is 0. The first-order chi connectivity index (χ1) is 14.2. The average molecular weight is 399 g/mol. The van der Waals surface area contributed by atoms with E-state index in [1.165, 1.54) is 6.08 Å². The number of imidazole rings is 1. The fourth-order valence-corrected chi connectivity index (χ4v) is 3.55. The van der Waals surface area contributed by atoms with Gasteiger partial charge in [0.1, 0.15) is 12.4 Å². The summed E-state index contributed by atoms with van der Waals surface area (Å²) in [6.07, 6.45) is 6.97. The van der Waals surface area contributed by atoms with Gasteiger partial charge in [-0.15, -0.1) is 0 Å². The number of rotatable bonds is 9. The van der Waals surface area contributed by atoms with Crippen LogP contribution in [0.25, 0.3) is 11.0 Å². The van der Waals surface area contributed by atoms with E-state index in [0.717, 1.165) is 42.5 Å². The van der Waals surface area contributed by atoms with Gasteiger partial charge in [0, 0.05) is 26.1 Å². The number of allylic oxidation sites excluding steroid dienone is 1. The summed E-state index contributed by atoms with van der Waals surface area (Å²) in [5, 5.41) is 2.87. The highest BCUT2D eigenvalue weighted by molar-refractivity contribution is 5.87. The Hall–Kier alpha value is -2.67. The maximum Gasteiger partial charge on any atom is 0.243 e. The Morgan fingerprint density at radius 2 is 1.97 bits per heavy atom. The van der Waals surface area contributed by atoms with Gasteiger partial charge in [-0.3, -0.25) is 9.59 Å². The third-order valence-electron chi connectivity index (χ3n) is 5.09. The molecule has 2 amide bonds. The number of aromatic nitrogens is 2. The Balaban J connectivity index is 1.58. The van der Waals surface area contributed by atoms with Crippen LogP contribution >= 0.6 is 0 Å². The number of nitrogens with one attached hydrogen (secondary N) is 1. The molecule has 0 unspecified atom stereocenters. The highest BCUT2D eigenvalue weighted by atomic mass is 16.5. The van der Waals surface area contributed by atoms with E-state index in [1.54, 1.807) is 6.08 Å². The number of fused-ring (bicyclic) bond motifs is 1. The first kappa shape index (κ1) is 21.0. The Morgan fingerprint density at radius 1 is 1.17 bits per heavy atom. The number of nitrogens with zero attached hydrogens (tertiary/aromatic N) is 3. The number of benzene rings is 1. The normalized spacial score (nSPS) is 14.6. The van der Waals surface area contributed by atoms with E-state index in [1.807, 2.05) is 36.1 Å². The van der Waals surface area contributed by atoms with Crippen LogP contribution in [0.1, 0.15) is 32.0 Å². The summed E-state index contributed by atoms with van der Waals surface area (Å²) < 4.78 is 7.41. The number of para-hydroxylation sites is 2. The van der Waals surface area contributed by atoms with E-state index in [4.69, 9.17) is 9.72 Å². The SMILES string of the molecule is C/C=C/C(=O)NCCCCCc1nc2ccccc2n1CC(=O)N1CCOCC1. The van der Waals surface area contributed by atoms with Crippen LogP contribution in [0.2, 0.25) is 0 Å². The highest BCUT2D eigenvalue weighted by Gasteiger charge is 2.20. The second-order valence-corrected chi connectivity index (χ2v) is 7.20. The van der Waals surface area contributed by atoms with Crippen LogP contribution in [0.3, 0.4) is 0 Å². The van der Waals surface area contributed by atoms with Gasteiger partial charge in [0.05, 0.1) is 24.2 Å². The van der Waals surface area contributed by atoms with E-state index >= 15 is 0 Å². The molecule has 0 atom stereocenters. The highest BCUT2D eigenvalue weighted by Crippen LogP contribution is 2.18. The lowest BCUT2D eigenvalue weighted by Crippen LogP contribution is -2.42. The van der Waals surface area contributed by atoms with Gasteiger partial charge in [-0.1, -0.05) is 24.6 Å². The zero-order valence-corrected chi connectivity index (χ0v) is 17.1. The van der Waals surface area contributed by atoms with Crippen LogP contribution in [0, 0.1) is 0 Å². The monoisotopic (exact) mass is 398 g/mol. The molecule has 1 aliphatic heterocycles. The number of hydrogen-bond acceptors (Lipinski definition) is 4. The number of aryl methyl sites for hydroxylation is 1. The summed E-state index contributed by atoms with van der Waals surface area (Å²) in [6, 6.07) is 7.97. The fourth-order valence-electron chi connectivity index (χ4n) is 3.55. The largest absolute Gasteiger partial charge is 0.378 e. The van der Waals surface area contributed by atoms with Gasteiger partial charge < -0.3 is 19.5 Å². The van der Waals surface area contributed by atoms with Crippen molar-refractivity contribution < 1.29 is 14.3 Å². The maximum atomic E-state index is 12.8. The van der Waals surface area contributed by atoms with Crippen LogP contribution in [0.15, 0.2) is 36.4 Å². The van der Waals surface area contributed by atoms with Gasteiger partial charge in [0.2, 0.25) is 11.8 Å². The predicted octanol–water partition coefficient (Wildman–Crippen LogP) is 2.30. The van der Waals surface area contributed by atoms with Crippen LogP contribution in [-0.4, -0.2) is 59.1 Å². The van der Waals surface area contributed by atoms with Crippen molar-refractivity contribution in [2.24, 2.45) is 0 Å². The number of morpholine rings is 1. The second kappa shape index (κ2) is 10.8. The molecule has 1 aromatic heterocycles. The first-order valence-electron chi connectivity index (χ1n) is 10.4. The Kier molecular flexibility index (Phi) is 7.81. The van der Waals surface area contributed by atoms with E-state index < -0.39 is 0 Å². The van der Waals surface area contributed by atoms with Gasteiger partial charge in [0.25, 0.3) is 0 Å². The van der Waals surface area contributed by atoms with E-state index in [-0.39, 0.29) is 11.8 Å². The molecule has 0 aliphatic carbocycles. The molecular formula is C22H30N4O3. The molecule has 0 bridgehead atoms. The van der Waals surface area contributed by atoms with Gasteiger partial charge in [-0.05, 0) is 38.0 Å². The molecule has 0 radical (unpaired) electrons. The predicted molar refractivity (Wildman–Crippen MR) is 113 cm³/mol. The lowest BCUT2D eigenvalue weighted by atomic mass is 10.2. The quantitative estimate of drug-likeness (QED) is 0.519. The van der Waals surface area contributed by atoms with Gasteiger partial charge in [-0.2, -0.15) is 0 Å². The van der Waals surface area contributed by atoms with Crippen molar-refractivity contribution in [2.75, 3.05) is 32.8 Å². The number of unbranched alkanes of at least 4 members (excludes halogenated alkanes) is 2. The molecular weight excluding hydrogens is 368 g/mol. The zero-order valence-electron chi connectivity index (χ0n) is 17.1. The van der Waals surface area contributed by atoms with Crippen molar-refractivity contribution in [2.45, 2.75) is 39.2 Å². The van der Waals surface area contributed by atoms with E-state index in [9.17, 15) is 9.59 Å². The molecule has 7 nitrogen and oxygen atoms in total. The molecule has 0 spiro atoms. The lowest BCUT2D eigenvalue weighted by Gasteiger charge is -2.27. The molecule has 0 saturated carbocycles. The Labute approximate surface area is 171 Å². The molecule has 1 N–H and O–H groups in total. The van der Waals surface area contributed by atoms with Crippen molar-refractivity contribution in [3.63, 3.8) is 0 Å². The van der Waals surface area contributed by atoms with Crippen LogP contribution < -0.4 is 5.32 Å². The molecule has 3 rings (SSSR count). The minimum atomic E-state index is -0.0454. The summed E-state index contributed by atoms with van der Waals surface area (Å²) in [6.45, 7) is 5.33. The molecule has 1 saturated heterocycles. The fraction of sp³-hybridized carbons (Fsp3) is 0.500. The van der Waals surface area contributed by atoms with Gasteiger partial charge >= 0.3 is 0 Å². The van der Waals surface area contributed by atoms with Crippen molar-refractivity contribution in [3.05, 3.63) is 42.2 Å². The van der Waals surface area contributed by atoms with E-state index in [2.05, 4.69) is 9.88 Å². The number of carbonyl (C=O) groups excluding carboxylic acids is 2.